The molecular weight excluding hydrogens is 378 g/mol. The Morgan fingerprint density at radius 1 is 1.33 bits per heavy atom. The number of likely N-dealkylation sites (tertiary alicyclic amines) is 1. The van der Waals surface area contributed by atoms with E-state index < -0.39 is 0 Å². The third kappa shape index (κ3) is 6.18. The van der Waals surface area contributed by atoms with Gasteiger partial charge in [-0.3, -0.25) is 15.3 Å². The van der Waals surface area contributed by atoms with Crippen LogP contribution in [0.1, 0.15) is 25.8 Å². The highest BCUT2D eigenvalue weighted by molar-refractivity contribution is 6.09. The number of rotatable bonds is 11. The number of aliphatic imine (C=N–C) groups is 1. The molecule has 0 saturated carbocycles. The third-order valence-corrected chi connectivity index (χ3v) is 5.52. The van der Waals surface area contributed by atoms with Crippen molar-refractivity contribution >= 4 is 11.9 Å². The van der Waals surface area contributed by atoms with Crippen LogP contribution >= 0.6 is 0 Å². The lowest BCUT2D eigenvalue weighted by Crippen LogP contribution is -2.58. The smallest absolute Gasteiger partial charge is 0.122 e. The van der Waals surface area contributed by atoms with Crippen LogP contribution in [0.15, 0.2) is 52.3 Å². The summed E-state index contributed by atoms with van der Waals surface area (Å²) in [5.41, 5.74) is 14.7. The van der Waals surface area contributed by atoms with Gasteiger partial charge in [0.2, 0.25) is 0 Å². The predicted molar refractivity (Wildman–Crippen MR) is 123 cm³/mol. The fourth-order valence-corrected chi connectivity index (χ4v) is 3.62. The number of ether oxygens (including phenoxy) is 1. The number of hydrogen-bond donors (Lipinski definition) is 4. The predicted octanol–water partition coefficient (Wildman–Crippen LogP) is 2.11. The minimum absolute atomic E-state index is 0.0649. The van der Waals surface area contributed by atoms with Crippen LogP contribution in [0, 0.1) is 10.8 Å². The molecule has 2 rings (SSSR count). The number of aliphatic hydroxyl groups is 1. The summed E-state index contributed by atoms with van der Waals surface area (Å²) in [4.78, 5) is 6.40. The zero-order chi connectivity index (χ0) is 22.1. The van der Waals surface area contributed by atoms with Gasteiger partial charge in [0, 0.05) is 50.4 Å². The van der Waals surface area contributed by atoms with Crippen molar-refractivity contribution in [1.82, 2.24) is 4.90 Å². The molecule has 30 heavy (non-hydrogen) atoms. The maximum Gasteiger partial charge on any atom is 0.122 e. The zero-order valence-electron chi connectivity index (χ0n) is 18.3. The topological polar surface area (TPSA) is 121 Å². The van der Waals surface area contributed by atoms with E-state index in [4.69, 9.17) is 21.6 Å². The summed E-state index contributed by atoms with van der Waals surface area (Å²) in [6, 6.07) is 7.85. The van der Waals surface area contributed by atoms with Crippen molar-refractivity contribution in [2.24, 2.45) is 21.9 Å². The van der Waals surface area contributed by atoms with Gasteiger partial charge in [-0.15, -0.1) is 0 Å². The molecule has 0 atom stereocenters. The van der Waals surface area contributed by atoms with Crippen LogP contribution in [0.3, 0.4) is 0 Å². The molecule has 0 aromatic heterocycles. The van der Waals surface area contributed by atoms with Gasteiger partial charge in [-0.05, 0) is 36.6 Å². The Labute approximate surface area is 179 Å². The Morgan fingerprint density at radius 2 is 2.03 bits per heavy atom. The number of aliphatic hydroxyl groups excluding tert-OH is 1. The normalized spacial score (nSPS) is 17.5. The van der Waals surface area contributed by atoms with Gasteiger partial charge in [0.25, 0.3) is 0 Å². The second kappa shape index (κ2) is 10.9. The molecule has 6 N–H and O–H groups in total. The maximum atomic E-state index is 9.55. The second-order valence-electron chi connectivity index (χ2n) is 7.98. The fraction of sp³-hybridized carbons (Fsp3) is 0.478. The Hall–Kier alpha value is -2.64. The molecule has 0 bridgehead atoms. The number of allylic oxidation sites excluding steroid dienone is 3. The Morgan fingerprint density at radius 3 is 2.63 bits per heavy atom. The van der Waals surface area contributed by atoms with E-state index in [0.717, 1.165) is 42.9 Å². The molecule has 1 aliphatic rings. The lowest BCUT2D eigenvalue weighted by atomic mass is 9.78. The van der Waals surface area contributed by atoms with Gasteiger partial charge in [0.05, 0.1) is 18.0 Å². The average molecular weight is 414 g/mol. The van der Waals surface area contributed by atoms with Gasteiger partial charge in [0.1, 0.15) is 12.4 Å². The van der Waals surface area contributed by atoms with E-state index >= 15 is 0 Å². The van der Waals surface area contributed by atoms with Crippen molar-refractivity contribution in [3.05, 3.63) is 52.9 Å². The van der Waals surface area contributed by atoms with Crippen LogP contribution in [-0.2, 0) is 6.42 Å². The van der Waals surface area contributed by atoms with Crippen LogP contribution in [0.2, 0.25) is 0 Å². The van der Waals surface area contributed by atoms with E-state index in [2.05, 4.69) is 16.8 Å². The number of benzene rings is 1. The molecule has 1 aromatic rings. The SMILES string of the molecule is CCC1(CO)CN(CCOc2ccccc2C/C(C=NC)=C(/N)C(=N)/C=C(/C)N)C1. The Balaban J connectivity index is 2.05. The van der Waals surface area contributed by atoms with Gasteiger partial charge >= 0.3 is 0 Å². The van der Waals surface area contributed by atoms with Gasteiger partial charge in [-0.1, -0.05) is 25.1 Å². The van der Waals surface area contributed by atoms with Crippen molar-refractivity contribution in [1.29, 1.82) is 5.41 Å². The van der Waals surface area contributed by atoms with E-state index in [1.54, 1.807) is 20.2 Å². The first-order chi connectivity index (χ1) is 14.3. The van der Waals surface area contributed by atoms with Crippen LogP contribution < -0.4 is 16.2 Å². The van der Waals surface area contributed by atoms with E-state index in [9.17, 15) is 5.11 Å². The first kappa shape index (κ1) is 23.6. The molecule has 1 aromatic carbocycles. The van der Waals surface area contributed by atoms with Crippen LogP contribution in [0.25, 0.3) is 0 Å². The Kier molecular flexibility index (Phi) is 8.62. The fourth-order valence-electron chi connectivity index (χ4n) is 3.62. The van der Waals surface area contributed by atoms with Gasteiger partial charge in [0.15, 0.2) is 0 Å². The highest BCUT2D eigenvalue weighted by Crippen LogP contribution is 2.32. The number of nitrogens with zero attached hydrogens (tertiary/aromatic N) is 2. The Bertz CT molecular complexity index is 813. The summed E-state index contributed by atoms with van der Waals surface area (Å²) in [6.45, 7) is 7.32. The number of hydrogen-bond acceptors (Lipinski definition) is 7. The van der Waals surface area contributed by atoms with E-state index in [1.807, 2.05) is 24.3 Å². The van der Waals surface area contributed by atoms with Crippen molar-refractivity contribution in [2.45, 2.75) is 26.7 Å². The van der Waals surface area contributed by atoms with Crippen LogP contribution in [0.4, 0.5) is 0 Å². The molecule has 1 heterocycles. The number of nitrogens with two attached hydrogens (primary N) is 2. The molecule has 164 valence electrons. The second-order valence-corrected chi connectivity index (χ2v) is 7.98. The zero-order valence-corrected chi connectivity index (χ0v) is 18.3. The molecule has 1 aliphatic heterocycles. The molecule has 0 spiro atoms. The first-order valence-electron chi connectivity index (χ1n) is 10.3. The summed E-state index contributed by atoms with van der Waals surface area (Å²) in [5, 5.41) is 17.7. The molecule has 0 unspecified atom stereocenters. The summed E-state index contributed by atoms with van der Waals surface area (Å²) < 4.78 is 6.07. The lowest BCUT2D eigenvalue weighted by Gasteiger charge is -2.49. The monoisotopic (exact) mass is 413 g/mol. The van der Waals surface area contributed by atoms with Gasteiger partial charge in [-0.2, -0.15) is 0 Å². The van der Waals surface area contributed by atoms with E-state index in [-0.39, 0.29) is 17.7 Å². The molecule has 1 saturated heterocycles. The molecule has 0 aliphatic carbocycles. The van der Waals surface area contributed by atoms with Crippen LogP contribution in [0.5, 0.6) is 5.75 Å². The van der Waals surface area contributed by atoms with Crippen molar-refractivity contribution < 1.29 is 9.84 Å². The molecule has 1 fully saturated rings. The van der Waals surface area contributed by atoms with Gasteiger partial charge in [-0.25, -0.2) is 0 Å². The van der Waals surface area contributed by atoms with Gasteiger partial charge < -0.3 is 21.3 Å². The summed E-state index contributed by atoms with van der Waals surface area (Å²) >= 11 is 0. The number of para-hydroxylation sites is 1. The summed E-state index contributed by atoms with van der Waals surface area (Å²) in [6.07, 6.45) is 4.72. The minimum atomic E-state index is 0.0649. The van der Waals surface area contributed by atoms with E-state index in [0.29, 0.717) is 24.4 Å². The van der Waals surface area contributed by atoms with Crippen LogP contribution in [-0.4, -0.2) is 61.8 Å². The quantitative estimate of drug-likeness (QED) is 0.414. The highest BCUT2D eigenvalue weighted by atomic mass is 16.5. The standard InChI is InChI=1S/C23H35N5O2/c1-4-23(16-29)14-28(15-23)9-10-30-21-8-6-5-7-18(21)12-19(13-27-3)22(26)20(25)11-17(2)24/h5-8,11,13,25,29H,4,9-10,12,14-16,24,26H2,1-3H3/b17-11-,22-19-,25-20?,27-13?. The summed E-state index contributed by atoms with van der Waals surface area (Å²) in [7, 11) is 1.68. The van der Waals surface area contributed by atoms with E-state index in [1.165, 1.54) is 6.08 Å². The average Bonchev–Trinajstić information content (AvgIpc) is 2.69. The van der Waals surface area contributed by atoms with Crippen molar-refractivity contribution in [3.63, 3.8) is 0 Å². The molecule has 0 amide bonds. The molecule has 0 radical (unpaired) electrons. The lowest BCUT2D eigenvalue weighted by molar-refractivity contribution is -0.0479. The minimum Gasteiger partial charge on any atom is -0.492 e. The third-order valence-electron chi connectivity index (χ3n) is 5.52. The largest absolute Gasteiger partial charge is 0.492 e. The molecule has 7 nitrogen and oxygen atoms in total. The molecule has 7 heteroatoms. The summed E-state index contributed by atoms with van der Waals surface area (Å²) in [5.74, 6) is 0.800. The van der Waals surface area contributed by atoms with Crippen molar-refractivity contribution in [3.8, 4) is 5.75 Å². The highest BCUT2D eigenvalue weighted by Gasteiger charge is 2.40. The van der Waals surface area contributed by atoms with Crippen molar-refractivity contribution in [2.75, 3.05) is 39.9 Å². The first-order valence-corrected chi connectivity index (χ1v) is 10.3. The number of nitrogens with one attached hydrogen (secondary N) is 1. The maximum absolute atomic E-state index is 9.55. The molecular formula is C23H35N5O2.